The zero-order chi connectivity index (χ0) is 22.1. The van der Waals surface area contributed by atoms with E-state index in [1.807, 2.05) is 0 Å². The molecule has 0 aliphatic rings. The predicted molar refractivity (Wildman–Crippen MR) is 114 cm³/mol. The summed E-state index contributed by atoms with van der Waals surface area (Å²) in [4.78, 5) is 37.2. The van der Waals surface area contributed by atoms with Crippen LogP contribution < -0.4 is 10.3 Å². The highest BCUT2D eigenvalue weighted by Crippen LogP contribution is 2.27. The van der Waals surface area contributed by atoms with Crippen molar-refractivity contribution in [2.45, 2.75) is 20.8 Å². The Balaban J connectivity index is 1.93. The molecule has 1 heterocycles. The molecule has 7 heteroatoms. The van der Waals surface area contributed by atoms with Gasteiger partial charge in [0.05, 0.1) is 16.7 Å². The van der Waals surface area contributed by atoms with Gasteiger partial charge >= 0.3 is 5.97 Å². The molecule has 0 aliphatic carbocycles. The van der Waals surface area contributed by atoms with Gasteiger partial charge in [0.15, 0.2) is 5.78 Å². The van der Waals surface area contributed by atoms with E-state index in [-0.39, 0.29) is 28.2 Å². The molecule has 0 aliphatic heterocycles. The number of phenols is 1. The van der Waals surface area contributed by atoms with Crippen LogP contribution in [-0.4, -0.2) is 21.4 Å². The van der Waals surface area contributed by atoms with Crippen LogP contribution in [0.5, 0.6) is 11.5 Å². The molecular weight excluding hydrogens is 406 g/mol. The van der Waals surface area contributed by atoms with Crippen molar-refractivity contribution in [3.63, 3.8) is 0 Å². The topological polar surface area (TPSA) is 85.6 Å². The van der Waals surface area contributed by atoms with Gasteiger partial charge in [0, 0.05) is 28.9 Å². The number of halogens is 1. The molecule has 0 amide bonds. The van der Waals surface area contributed by atoms with Gasteiger partial charge in [-0.1, -0.05) is 17.7 Å². The van der Waals surface area contributed by atoms with E-state index < -0.39 is 17.2 Å². The third-order valence-electron chi connectivity index (χ3n) is 4.30. The third kappa shape index (κ3) is 4.60. The number of hydrogen-bond acceptors (Lipinski definition) is 5. The van der Waals surface area contributed by atoms with Crippen LogP contribution in [0.2, 0.25) is 5.02 Å². The second kappa shape index (κ2) is 8.16. The number of ether oxygens (including phenoxy) is 1. The summed E-state index contributed by atoms with van der Waals surface area (Å²) in [5, 5.41) is 10.8. The van der Waals surface area contributed by atoms with Crippen molar-refractivity contribution in [1.82, 2.24) is 4.57 Å². The molecule has 154 valence electrons. The molecule has 0 radical (unpaired) electrons. The first kappa shape index (κ1) is 21.3. The van der Waals surface area contributed by atoms with Gasteiger partial charge < -0.3 is 9.84 Å². The largest absolute Gasteiger partial charge is 0.507 e. The van der Waals surface area contributed by atoms with Gasteiger partial charge in [0.2, 0.25) is 0 Å². The summed E-state index contributed by atoms with van der Waals surface area (Å²) in [6, 6.07) is 13.3. The lowest BCUT2D eigenvalue weighted by molar-refractivity contribution is -0.143. The van der Waals surface area contributed by atoms with Crippen LogP contribution in [0.25, 0.3) is 5.69 Å². The van der Waals surface area contributed by atoms with E-state index in [1.165, 1.54) is 41.1 Å². The van der Waals surface area contributed by atoms with Crippen molar-refractivity contribution in [3.05, 3.63) is 87.3 Å². The van der Waals surface area contributed by atoms with E-state index in [4.69, 9.17) is 16.3 Å². The van der Waals surface area contributed by atoms with E-state index in [0.717, 1.165) is 0 Å². The minimum atomic E-state index is -0.710. The molecule has 0 atom stereocenters. The Labute approximate surface area is 178 Å². The molecule has 6 nitrogen and oxygen atoms in total. The fourth-order valence-electron chi connectivity index (χ4n) is 2.63. The van der Waals surface area contributed by atoms with Crippen LogP contribution in [0.3, 0.4) is 0 Å². The average Bonchev–Trinajstić information content (AvgIpc) is 2.67. The number of rotatable bonds is 4. The predicted octanol–water partition coefficient (Wildman–Crippen LogP) is 4.38. The second-order valence-electron chi connectivity index (χ2n) is 7.75. The van der Waals surface area contributed by atoms with Crippen LogP contribution in [0.1, 0.15) is 36.7 Å². The zero-order valence-corrected chi connectivity index (χ0v) is 17.4. The molecule has 0 unspecified atom stereocenters. The number of hydrogen-bond donors (Lipinski definition) is 1. The van der Waals surface area contributed by atoms with E-state index >= 15 is 0 Å². The van der Waals surface area contributed by atoms with Crippen molar-refractivity contribution in [2.75, 3.05) is 0 Å². The van der Waals surface area contributed by atoms with Crippen molar-refractivity contribution in [2.24, 2.45) is 5.41 Å². The standard InChI is InChI=1S/C23H20ClNO5/c1-23(2,3)22(29)30-17-8-9-18(19(26)12-17)21(28)14-7-10-20(27)25(13-14)16-6-4-5-15(24)11-16/h4-13,26H,1-3H3. The summed E-state index contributed by atoms with van der Waals surface area (Å²) < 4.78 is 6.54. The third-order valence-corrected chi connectivity index (χ3v) is 4.53. The Morgan fingerprint density at radius 3 is 2.40 bits per heavy atom. The SMILES string of the molecule is CC(C)(C)C(=O)Oc1ccc(C(=O)c2ccc(=O)n(-c3cccc(Cl)c3)c2)c(O)c1. The zero-order valence-electron chi connectivity index (χ0n) is 16.7. The Hall–Kier alpha value is -3.38. The number of ketones is 1. The van der Waals surface area contributed by atoms with Gasteiger partial charge in [-0.2, -0.15) is 0 Å². The summed E-state index contributed by atoms with van der Waals surface area (Å²) in [5.74, 6) is -1.15. The number of phenolic OH excluding ortho intramolecular Hbond substituents is 1. The van der Waals surface area contributed by atoms with Gasteiger partial charge in [0.1, 0.15) is 11.5 Å². The van der Waals surface area contributed by atoms with Crippen LogP contribution in [0.4, 0.5) is 0 Å². The lowest BCUT2D eigenvalue weighted by atomic mass is 9.97. The fourth-order valence-corrected chi connectivity index (χ4v) is 2.82. The number of pyridine rings is 1. The summed E-state index contributed by atoms with van der Waals surface area (Å²) in [7, 11) is 0. The maximum absolute atomic E-state index is 12.9. The Bertz CT molecular complexity index is 1190. The number of aromatic nitrogens is 1. The Kier molecular flexibility index (Phi) is 5.80. The summed E-state index contributed by atoms with van der Waals surface area (Å²) in [6.45, 7) is 5.13. The first-order chi connectivity index (χ1) is 14.1. The van der Waals surface area contributed by atoms with Crippen LogP contribution >= 0.6 is 11.6 Å². The van der Waals surface area contributed by atoms with Crippen molar-refractivity contribution in [1.29, 1.82) is 0 Å². The molecule has 2 aromatic carbocycles. The van der Waals surface area contributed by atoms with Crippen molar-refractivity contribution >= 4 is 23.4 Å². The quantitative estimate of drug-likeness (QED) is 0.381. The lowest BCUT2D eigenvalue weighted by Crippen LogP contribution is -2.25. The molecule has 30 heavy (non-hydrogen) atoms. The van der Waals surface area contributed by atoms with E-state index in [0.29, 0.717) is 10.7 Å². The minimum absolute atomic E-state index is 0.0156. The number of carbonyl (C=O) groups is 2. The minimum Gasteiger partial charge on any atom is -0.507 e. The van der Waals surface area contributed by atoms with Crippen LogP contribution in [-0.2, 0) is 4.79 Å². The summed E-state index contributed by atoms with van der Waals surface area (Å²) in [5.41, 5.74) is -0.317. The molecule has 1 N–H and O–H groups in total. The van der Waals surface area contributed by atoms with Gasteiger partial charge in [-0.25, -0.2) is 0 Å². The molecule has 0 fully saturated rings. The van der Waals surface area contributed by atoms with E-state index in [1.54, 1.807) is 45.0 Å². The number of benzene rings is 2. The molecule has 0 saturated heterocycles. The molecule has 1 aromatic heterocycles. The molecule has 0 spiro atoms. The molecule has 0 bridgehead atoms. The van der Waals surface area contributed by atoms with Crippen molar-refractivity contribution in [3.8, 4) is 17.2 Å². The highest BCUT2D eigenvalue weighted by Gasteiger charge is 2.24. The van der Waals surface area contributed by atoms with Gasteiger partial charge in [-0.05, 0) is 57.2 Å². The smallest absolute Gasteiger partial charge is 0.316 e. The average molecular weight is 426 g/mol. The first-order valence-corrected chi connectivity index (χ1v) is 9.53. The maximum atomic E-state index is 12.9. The highest BCUT2D eigenvalue weighted by molar-refractivity contribution is 6.30. The molecular formula is C23H20ClNO5. The van der Waals surface area contributed by atoms with E-state index in [2.05, 4.69) is 0 Å². The number of nitrogens with zero attached hydrogens (tertiary/aromatic N) is 1. The Morgan fingerprint density at radius 2 is 1.77 bits per heavy atom. The summed E-state index contributed by atoms with van der Waals surface area (Å²) >= 11 is 5.99. The van der Waals surface area contributed by atoms with Gasteiger partial charge in [-0.15, -0.1) is 0 Å². The Morgan fingerprint density at radius 1 is 1.03 bits per heavy atom. The van der Waals surface area contributed by atoms with E-state index in [9.17, 15) is 19.5 Å². The highest BCUT2D eigenvalue weighted by atomic mass is 35.5. The van der Waals surface area contributed by atoms with Crippen LogP contribution in [0.15, 0.2) is 65.6 Å². The van der Waals surface area contributed by atoms with Crippen molar-refractivity contribution < 1.29 is 19.4 Å². The molecule has 0 saturated carbocycles. The normalized spacial score (nSPS) is 11.2. The second-order valence-corrected chi connectivity index (χ2v) is 8.19. The number of aromatic hydroxyl groups is 1. The first-order valence-electron chi connectivity index (χ1n) is 9.15. The van der Waals surface area contributed by atoms with Crippen LogP contribution in [0, 0.1) is 5.41 Å². The maximum Gasteiger partial charge on any atom is 0.316 e. The molecule has 3 aromatic rings. The van der Waals surface area contributed by atoms with Gasteiger partial charge in [0.25, 0.3) is 5.56 Å². The van der Waals surface area contributed by atoms with Gasteiger partial charge in [-0.3, -0.25) is 19.0 Å². The number of carbonyl (C=O) groups excluding carboxylic acids is 2. The summed E-state index contributed by atoms with van der Waals surface area (Å²) in [6.07, 6.45) is 1.39. The lowest BCUT2D eigenvalue weighted by Gasteiger charge is -2.16. The molecule has 3 rings (SSSR count). The monoisotopic (exact) mass is 425 g/mol. The fraction of sp³-hybridized carbons (Fsp3) is 0.174. The number of esters is 1.